The standard InChI is InChI=1S/C7H12N2.C7H11NO3S.C7H11NO.C7H8O3.C6H14N2O3S.C6H10N2O2.C6H13NO3S.C6H9NO.C6H12O2.C5H10O2.C5H13OP.C5H12O.C5H10O.C4H11O2P.2C4H10O2S.2CH4/c1-7(2,3)6-8-4-5-9-6;1-6(2)12(9,10)5-7-8-3-4-11-7;1-5(2)7-4-6(3)8-9-7;1-3(2)4-5(8)7(10)6(4)9;1-5(2)6(9)7-12(10,11)8(3)4;1-6(2,3)4-7-5(9)10-8-4;1-6(2,3)5(8)7-11(4,9)10;1-5(2)6(8)3-4-7;1-5(2)6(7)4-8-3;1-4(2)5(7)3-6;1-5(2)7(3,4)6;2*1-4(2)5(3)6;3*1-4(2)7(3,5)6;;/h4H,5H2,1-3H3;3-4,6H,5H2,1-2H3;4-5H,1-3H3;3,8H,1-2H3;5H,1-4H3,(H,7,9);1-3H3,(H,7,8,9);1-4H3,(H,7,8);5H,3H2,1-2H3;5H,4H2,1-3H3;4,6H,3H2,1-2H3;5H,1-4H3;4-6H,1-3H3;4H,1-3H3;4H,1-3H3,(H,5,6);2*4H,1-3H3;2*1H4. The highest BCUT2D eigenvalue weighted by Crippen LogP contribution is 2.41. The van der Waals surface area contributed by atoms with Gasteiger partial charge in [-0.3, -0.25) is 62.1 Å². The topological polar surface area (TPSA) is 618 Å². The van der Waals surface area contributed by atoms with Crippen molar-refractivity contribution in [3.05, 3.63) is 78.3 Å². The third kappa shape index (κ3) is 93.7. The van der Waals surface area contributed by atoms with E-state index >= 15 is 0 Å². The number of carbonyl (C=O) groups is 6. The molecule has 39 nitrogen and oxygen atoms in total. The van der Waals surface area contributed by atoms with Crippen LogP contribution in [-0.4, -0.2) is 247 Å². The molecule has 138 heavy (non-hydrogen) atoms. The molecule has 4 aromatic rings. The van der Waals surface area contributed by atoms with E-state index in [9.17, 15) is 94.4 Å². The molecule has 0 saturated carbocycles. The number of aliphatic hydroxyl groups excluding tert-OH is 2. The molecule has 1 aromatic carbocycles. The SMILES string of the molecule is C.C.CC(=O)C(C)C.CC(C)(C)C(=O)NS(C)(=O)=O.CC(C)(C)C1=NCC=N1.CC(C)(C)c1noc(=O)[nH]1.CC(C)C(=O)CC#N.CC(C)C(=O)CO.CC(C)C(=O)NS(=O)(=O)N(C)C.CC(C)C(C)O.CC(C)P(C)(=O)O.CC(C)P(C)(C)=O.CC(C)S(=O)(=O)Cc1ncco1.CC(C)S(C)(=O)=O.CC(C)S(C)(=O)=O.CC(C)c1c(O)c(=O)c1=O.COCC(=O)C(C)C.Cc1cc(C(C)C)on1. The molecule has 2 amide bonds. The number of ether oxygens (including phenoxy) is 1. The van der Waals surface area contributed by atoms with Gasteiger partial charge in [0.1, 0.15) is 68.1 Å². The molecule has 0 saturated heterocycles. The zero-order valence-corrected chi connectivity index (χ0v) is 96.4. The summed E-state index contributed by atoms with van der Waals surface area (Å²) in [4.78, 5) is 118. The number of methoxy groups -OCH3 is 1. The van der Waals surface area contributed by atoms with Crippen LogP contribution in [0.25, 0.3) is 0 Å². The van der Waals surface area contributed by atoms with Crippen molar-refractivity contribution >= 4 is 111 Å². The van der Waals surface area contributed by atoms with Crippen molar-refractivity contribution < 1.29 is 118 Å². The molecule has 2 atom stereocenters. The predicted octanol–water partition coefficient (Wildman–Crippen LogP) is 15.0. The number of sulfone groups is 3. The maximum Gasteiger partial charge on any atom is 0.438 e. The summed E-state index contributed by atoms with van der Waals surface area (Å²) in [5, 5.41) is 40.1. The van der Waals surface area contributed by atoms with Crippen LogP contribution in [0.2, 0.25) is 0 Å². The van der Waals surface area contributed by atoms with Crippen LogP contribution in [0.4, 0.5) is 0 Å². The number of amidine groups is 1. The summed E-state index contributed by atoms with van der Waals surface area (Å²) in [6, 6.07) is 3.76. The van der Waals surface area contributed by atoms with Crippen molar-refractivity contribution in [2.24, 2.45) is 56.3 Å². The number of sulfonamides is 1. The molecule has 46 heteroatoms. The van der Waals surface area contributed by atoms with Gasteiger partial charge in [-0.05, 0) is 87.5 Å². The lowest BCUT2D eigenvalue weighted by atomic mass is 9.95. The maximum atomic E-state index is 11.3. The molecule has 0 aliphatic carbocycles. The predicted molar refractivity (Wildman–Crippen MR) is 560 cm³/mol. The zero-order chi connectivity index (χ0) is 111. The molecular formula is C92H184N10O29P2S5. The molecule has 1 aliphatic rings. The first kappa shape index (κ1) is 159. The normalized spacial score (nSPS) is 12.3. The largest absolute Gasteiger partial charge is 0.504 e. The fourth-order valence-electron chi connectivity index (χ4n) is 4.96. The Morgan fingerprint density at radius 2 is 1.01 bits per heavy atom. The number of aryl methyl sites for hydroxylation is 1. The first-order valence-corrected chi connectivity index (χ1v) is 57.6. The molecular weight excluding hydrogens is 1930 g/mol. The lowest BCUT2D eigenvalue weighted by Gasteiger charge is -2.15. The van der Waals surface area contributed by atoms with Crippen LogP contribution >= 0.6 is 14.5 Å². The number of nitriles is 1. The van der Waals surface area contributed by atoms with Crippen LogP contribution in [0, 0.1) is 64.6 Å². The number of rotatable bonds is 22. The van der Waals surface area contributed by atoms with E-state index in [4.69, 9.17) is 34.4 Å². The second kappa shape index (κ2) is 76.4. The summed E-state index contributed by atoms with van der Waals surface area (Å²) >= 11 is 0. The lowest BCUT2D eigenvalue weighted by molar-refractivity contribution is -0.127. The summed E-state index contributed by atoms with van der Waals surface area (Å²) in [6.07, 6.45) is 7.98. The third-order valence-electron chi connectivity index (χ3n) is 17.1. The molecule has 0 fully saturated rings. The van der Waals surface area contributed by atoms with Crippen molar-refractivity contribution in [2.45, 2.75) is 341 Å². The van der Waals surface area contributed by atoms with E-state index in [1.54, 1.807) is 151 Å². The highest BCUT2D eigenvalue weighted by Gasteiger charge is 2.26. The van der Waals surface area contributed by atoms with Crippen LogP contribution in [0.15, 0.2) is 56.4 Å². The molecule has 0 radical (unpaired) electrons. The Balaban J connectivity index is -0.000000110. The monoisotopic (exact) mass is 2120 g/mol. The summed E-state index contributed by atoms with van der Waals surface area (Å²) < 4.78 is 152. The molecule has 7 N–H and O–H groups in total. The van der Waals surface area contributed by atoms with Crippen molar-refractivity contribution in [3.63, 3.8) is 0 Å². The van der Waals surface area contributed by atoms with Crippen LogP contribution < -0.4 is 26.1 Å². The van der Waals surface area contributed by atoms with E-state index in [2.05, 4.69) is 74.1 Å². The summed E-state index contributed by atoms with van der Waals surface area (Å²) in [6.45, 7) is 75.1. The van der Waals surface area contributed by atoms with Crippen molar-refractivity contribution in [1.29, 1.82) is 5.26 Å². The lowest BCUT2D eigenvalue weighted by Crippen LogP contribution is -2.41. The minimum atomic E-state index is -3.61. The Hall–Kier alpha value is -7.30. The number of nitrogens with zero attached hydrogens (tertiary/aromatic N) is 7. The molecule has 5 rings (SSSR count). The number of amides is 2. The van der Waals surface area contributed by atoms with Gasteiger partial charge in [0.2, 0.25) is 33.2 Å². The van der Waals surface area contributed by atoms with E-state index in [1.807, 2.05) is 118 Å². The van der Waals surface area contributed by atoms with E-state index < -0.39 is 98.1 Å². The molecule has 4 heterocycles. The number of Topliss-reactive ketones (excluding diaryl/α,β-unsaturated/α-hetero) is 4. The summed E-state index contributed by atoms with van der Waals surface area (Å²) in [5.74, 6) is 1.96. The Labute approximate surface area is 830 Å². The van der Waals surface area contributed by atoms with Crippen LogP contribution in [0.5, 0.6) is 5.75 Å². The van der Waals surface area contributed by atoms with Gasteiger partial charge in [-0.1, -0.05) is 226 Å². The number of ketones is 4. The maximum absolute atomic E-state index is 11.3. The molecule has 0 spiro atoms. The Kier molecular flexibility index (Phi) is 87.9. The minimum Gasteiger partial charge on any atom is -0.504 e. The molecule has 1 aliphatic heterocycles. The number of aromatic hydroxyl groups is 1. The number of hydrogen-bond acceptors (Lipinski definition) is 34. The van der Waals surface area contributed by atoms with Gasteiger partial charge in [-0.2, -0.15) is 18.0 Å². The summed E-state index contributed by atoms with van der Waals surface area (Å²) in [5.41, 5.74) is -0.470. The Morgan fingerprint density at radius 3 is 1.14 bits per heavy atom. The number of aromatic amines is 1. The number of nitrogens with one attached hydrogen (secondary N) is 3. The van der Waals surface area contributed by atoms with Crippen molar-refractivity contribution in [2.75, 3.05) is 79.7 Å². The summed E-state index contributed by atoms with van der Waals surface area (Å²) in [7, 11) is -15.8. The van der Waals surface area contributed by atoms with Crippen molar-refractivity contribution in [1.82, 2.24) is 34.0 Å². The Bertz CT molecular complexity index is 4910. The second-order valence-electron chi connectivity index (χ2n) is 38.5. The number of oxazole rings is 1. The van der Waals surface area contributed by atoms with Gasteiger partial charge >= 0.3 is 16.0 Å². The van der Waals surface area contributed by atoms with Crippen LogP contribution in [0.1, 0.15) is 318 Å². The number of aliphatic hydroxyl groups is 2. The quantitative estimate of drug-likeness (QED) is 0.0284. The van der Waals surface area contributed by atoms with Gasteiger partial charge < -0.3 is 38.5 Å². The fourth-order valence-corrected chi connectivity index (χ4v) is 7.10. The van der Waals surface area contributed by atoms with E-state index in [1.165, 1.54) is 52.8 Å². The molecule has 2 unspecified atom stereocenters. The van der Waals surface area contributed by atoms with Crippen molar-refractivity contribution in [3.8, 4) is 11.8 Å². The Morgan fingerprint density at radius 1 is 0.616 bits per heavy atom. The molecule has 0 bridgehead atoms. The number of aliphatic imine (C=N–C) groups is 2. The van der Waals surface area contributed by atoms with Gasteiger partial charge in [-0.15, -0.1) is 0 Å². The molecule has 816 valence electrons. The average molecular weight is 2120 g/mol. The molecule has 3 aromatic heterocycles. The highest BCUT2D eigenvalue weighted by atomic mass is 32.2. The fraction of sp³-hybridized carbons (Fsp3) is 0.772. The first-order chi connectivity index (χ1) is 60.4. The van der Waals surface area contributed by atoms with Crippen LogP contribution in [-0.2, 0) is 104 Å². The number of hydrogen-bond donors (Lipinski definition) is 7. The van der Waals surface area contributed by atoms with E-state index in [0.717, 1.165) is 34.4 Å². The van der Waals surface area contributed by atoms with Gasteiger partial charge in [0.25, 0.3) is 5.43 Å². The number of H-pyrrole nitrogens is 1. The van der Waals surface area contributed by atoms with Gasteiger partial charge in [0.05, 0.1) is 71.7 Å². The average Bonchev–Trinajstić information content (AvgIpc) is 1.01. The van der Waals surface area contributed by atoms with Crippen LogP contribution in [0.3, 0.4) is 0 Å². The third-order valence-corrected chi connectivity index (χ3v) is 29.0. The zero-order valence-electron chi connectivity index (χ0n) is 90.5. The highest BCUT2D eigenvalue weighted by molar-refractivity contribution is 7.91. The van der Waals surface area contributed by atoms with E-state index in [0.29, 0.717) is 23.3 Å². The van der Waals surface area contributed by atoms with E-state index in [-0.39, 0.29) is 154 Å². The number of aromatic nitrogens is 4. The van der Waals surface area contributed by atoms with Gasteiger partial charge in [0, 0.05) is 116 Å². The first-order valence-electron chi connectivity index (χ1n) is 43.8. The van der Waals surface area contributed by atoms with Gasteiger partial charge in [0.15, 0.2) is 40.3 Å². The smallest absolute Gasteiger partial charge is 0.438 e. The number of carbonyl (C=O) groups excluding carboxylic acids is 6. The second-order valence-corrected chi connectivity index (χ2v) is 56.7. The minimum absolute atomic E-state index is 0. The van der Waals surface area contributed by atoms with Gasteiger partial charge in [-0.25, -0.2) is 53.2 Å².